The van der Waals surface area contributed by atoms with E-state index in [1.54, 1.807) is 39.9 Å². The van der Waals surface area contributed by atoms with Crippen molar-refractivity contribution in [3.8, 4) is 16.9 Å². The number of fused-ring (bicyclic) bond motifs is 1. The van der Waals surface area contributed by atoms with E-state index in [-0.39, 0.29) is 6.10 Å². The number of hydrogen-bond acceptors (Lipinski definition) is 5. The molecule has 0 spiro atoms. The van der Waals surface area contributed by atoms with E-state index in [0.29, 0.717) is 29.4 Å². The van der Waals surface area contributed by atoms with Gasteiger partial charge in [0.25, 0.3) is 5.91 Å². The Kier molecular flexibility index (Phi) is 7.45. The predicted molar refractivity (Wildman–Crippen MR) is 157 cm³/mol. The number of hydrogen-bond donors (Lipinski definition) is 2. The molecule has 42 heavy (non-hydrogen) atoms. The first kappa shape index (κ1) is 28.6. The van der Waals surface area contributed by atoms with Crippen molar-refractivity contribution in [2.75, 3.05) is 13.1 Å². The molecule has 1 aliphatic heterocycles. The molecule has 2 fully saturated rings. The van der Waals surface area contributed by atoms with E-state index in [9.17, 15) is 9.90 Å². The first-order valence-corrected chi connectivity index (χ1v) is 14.6. The molecule has 1 saturated carbocycles. The second-order valence-electron chi connectivity index (χ2n) is 11.3. The van der Waals surface area contributed by atoms with E-state index in [2.05, 4.69) is 10.4 Å². The topological polar surface area (TPSA) is 79.6 Å². The van der Waals surface area contributed by atoms with Gasteiger partial charge in [-0.3, -0.25) is 14.4 Å². The lowest BCUT2D eigenvalue weighted by Gasteiger charge is -2.42. The Morgan fingerprint density at radius 3 is 2.38 bits per heavy atom. The number of rotatable bonds is 9. The smallest absolute Gasteiger partial charge is 0.349 e. The third-order valence-corrected chi connectivity index (χ3v) is 8.50. The third-order valence-electron chi connectivity index (χ3n) is 8.20. The number of nitrogens with zero attached hydrogens (tertiary/aromatic N) is 3. The van der Waals surface area contributed by atoms with Crippen LogP contribution in [0.5, 0.6) is 5.75 Å². The lowest BCUT2D eigenvalue weighted by molar-refractivity contribution is -0.159. The number of carbonyl (C=O) groups excluding carboxylic acids is 1. The summed E-state index contributed by atoms with van der Waals surface area (Å²) in [5, 5.41) is 20.2. The number of likely N-dealkylation sites (tertiary alicyclic amines) is 1. The minimum Gasteiger partial charge on any atom is -0.489 e. The Hall–Kier alpha value is -3.53. The van der Waals surface area contributed by atoms with Crippen LogP contribution in [0.25, 0.3) is 22.0 Å². The molecule has 2 aliphatic rings. The fourth-order valence-electron chi connectivity index (χ4n) is 5.67. The molecule has 220 valence electrons. The number of alkyl halides is 2. The van der Waals surface area contributed by atoms with Crippen LogP contribution in [0, 0.1) is 0 Å². The predicted octanol–water partition coefficient (Wildman–Crippen LogP) is 5.97. The van der Waals surface area contributed by atoms with Crippen molar-refractivity contribution < 1.29 is 23.4 Å². The summed E-state index contributed by atoms with van der Waals surface area (Å²) in [4.78, 5) is 14.9. The summed E-state index contributed by atoms with van der Waals surface area (Å²) in [5.74, 6) is -4.81. The highest BCUT2D eigenvalue weighted by molar-refractivity contribution is 6.32. The highest BCUT2D eigenvalue weighted by Gasteiger charge is 2.48. The summed E-state index contributed by atoms with van der Waals surface area (Å²) in [6, 6.07) is 15.3. The Morgan fingerprint density at radius 2 is 1.71 bits per heavy atom. The third kappa shape index (κ3) is 5.37. The van der Waals surface area contributed by atoms with Crippen molar-refractivity contribution in [2.45, 2.75) is 56.4 Å². The summed E-state index contributed by atoms with van der Waals surface area (Å²) < 4.78 is 38.6. The second kappa shape index (κ2) is 10.9. The molecular formula is C32H33ClF2N4O3. The van der Waals surface area contributed by atoms with E-state index < -0.39 is 29.2 Å². The standard InChI is InChI=1S/C32H33ClF2N4O3/c1-20(32(41,39-15-3-4-16-39)25-11-14-29(27(33)18-25)42-26-12-13-26)36-30(40)31(34,35)24-9-7-21(8-10-24)22-5-6-23-19-38(2)37-28(23)17-22/h5-11,14,17-20,26,41H,3-4,12-13,15-16H2,1-2H3,(H,36,40)/t20-,32+/m1/s1. The molecule has 1 saturated heterocycles. The summed E-state index contributed by atoms with van der Waals surface area (Å²) in [6.07, 6.45) is 5.67. The van der Waals surface area contributed by atoms with Crippen molar-refractivity contribution >= 4 is 28.4 Å². The van der Waals surface area contributed by atoms with Crippen LogP contribution >= 0.6 is 11.6 Å². The minimum absolute atomic E-state index is 0.143. The summed E-state index contributed by atoms with van der Waals surface area (Å²) in [7, 11) is 1.84. The van der Waals surface area contributed by atoms with Crippen LogP contribution in [0.2, 0.25) is 5.02 Å². The average Bonchev–Trinajstić information content (AvgIpc) is 3.45. The van der Waals surface area contributed by atoms with Gasteiger partial charge in [0.15, 0.2) is 5.72 Å². The van der Waals surface area contributed by atoms with E-state index in [0.717, 1.165) is 47.7 Å². The fraction of sp³-hybridized carbons (Fsp3) is 0.375. The van der Waals surface area contributed by atoms with Crippen molar-refractivity contribution in [3.63, 3.8) is 0 Å². The van der Waals surface area contributed by atoms with Gasteiger partial charge in [-0.1, -0.05) is 54.1 Å². The highest BCUT2D eigenvalue weighted by Crippen LogP contribution is 2.39. The molecular weight excluding hydrogens is 562 g/mol. The number of aryl methyl sites for hydroxylation is 1. The molecule has 1 aromatic heterocycles. The van der Waals surface area contributed by atoms with E-state index in [4.69, 9.17) is 16.3 Å². The van der Waals surface area contributed by atoms with Gasteiger partial charge in [-0.15, -0.1) is 0 Å². The van der Waals surface area contributed by atoms with Gasteiger partial charge in [0, 0.05) is 42.8 Å². The number of benzene rings is 3. The van der Waals surface area contributed by atoms with E-state index >= 15 is 8.78 Å². The number of carbonyl (C=O) groups is 1. The van der Waals surface area contributed by atoms with Gasteiger partial charge in [0.2, 0.25) is 0 Å². The molecule has 2 atom stereocenters. The molecule has 0 radical (unpaired) electrons. The molecule has 3 aromatic carbocycles. The quantitative estimate of drug-likeness (QED) is 0.250. The van der Waals surface area contributed by atoms with Gasteiger partial charge in [-0.25, -0.2) is 0 Å². The molecule has 10 heteroatoms. The van der Waals surface area contributed by atoms with Crippen LogP contribution in [0.15, 0.2) is 66.9 Å². The maximum atomic E-state index is 15.5. The molecule has 2 heterocycles. The van der Waals surface area contributed by atoms with Crippen molar-refractivity contribution in [3.05, 3.63) is 83.0 Å². The Morgan fingerprint density at radius 1 is 1.05 bits per heavy atom. The molecule has 1 amide bonds. The fourth-order valence-corrected chi connectivity index (χ4v) is 5.89. The van der Waals surface area contributed by atoms with Gasteiger partial charge in [-0.05, 0) is 61.9 Å². The summed E-state index contributed by atoms with van der Waals surface area (Å²) in [5.41, 5.74) is 0.571. The Bertz CT molecular complexity index is 1620. The van der Waals surface area contributed by atoms with Crippen molar-refractivity contribution in [2.24, 2.45) is 7.05 Å². The zero-order valence-corrected chi connectivity index (χ0v) is 24.2. The molecule has 0 bridgehead atoms. The molecule has 2 N–H and O–H groups in total. The summed E-state index contributed by atoms with van der Waals surface area (Å²) >= 11 is 6.50. The first-order valence-electron chi connectivity index (χ1n) is 14.2. The Labute approximate surface area is 248 Å². The monoisotopic (exact) mass is 594 g/mol. The highest BCUT2D eigenvalue weighted by atomic mass is 35.5. The van der Waals surface area contributed by atoms with Gasteiger partial charge in [-0.2, -0.15) is 13.9 Å². The molecule has 4 aromatic rings. The van der Waals surface area contributed by atoms with E-state index in [1.807, 2.05) is 31.4 Å². The van der Waals surface area contributed by atoms with Crippen LogP contribution in [-0.2, 0) is 23.5 Å². The molecule has 0 unspecified atom stereocenters. The van der Waals surface area contributed by atoms with Gasteiger partial charge >= 0.3 is 5.92 Å². The van der Waals surface area contributed by atoms with E-state index in [1.165, 1.54) is 19.1 Å². The largest absolute Gasteiger partial charge is 0.489 e. The SMILES string of the molecule is C[C@@H](NC(=O)C(F)(F)c1ccc(-c2ccc3cn(C)nc3c2)cc1)[C@](O)(c1ccc(OC2CC2)c(Cl)c1)N1CCCC1. The number of aliphatic hydroxyl groups is 1. The van der Waals surface area contributed by atoms with Crippen LogP contribution in [0.3, 0.4) is 0 Å². The Balaban J connectivity index is 1.22. The zero-order chi connectivity index (χ0) is 29.6. The maximum absolute atomic E-state index is 15.5. The number of nitrogens with one attached hydrogen (secondary N) is 1. The van der Waals surface area contributed by atoms with Crippen molar-refractivity contribution in [1.29, 1.82) is 0 Å². The zero-order valence-electron chi connectivity index (χ0n) is 23.5. The number of halogens is 3. The van der Waals surface area contributed by atoms with Crippen LogP contribution in [0.1, 0.15) is 43.7 Å². The molecule has 7 nitrogen and oxygen atoms in total. The van der Waals surface area contributed by atoms with Crippen LogP contribution in [0.4, 0.5) is 8.78 Å². The molecule has 1 aliphatic carbocycles. The number of aromatic nitrogens is 2. The van der Waals surface area contributed by atoms with Crippen LogP contribution < -0.4 is 10.1 Å². The average molecular weight is 595 g/mol. The number of amides is 1. The molecule has 6 rings (SSSR count). The number of ether oxygens (including phenoxy) is 1. The summed E-state index contributed by atoms with van der Waals surface area (Å²) in [6.45, 7) is 2.64. The lowest BCUT2D eigenvalue weighted by atomic mass is 9.93. The first-order chi connectivity index (χ1) is 20.1. The normalized spacial score (nSPS) is 18.1. The van der Waals surface area contributed by atoms with Gasteiger partial charge < -0.3 is 15.2 Å². The lowest BCUT2D eigenvalue weighted by Crippen LogP contribution is -2.59. The minimum atomic E-state index is -3.83. The van der Waals surface area contributed by atoms with Gasteiger partial charge in [0.05, 0.1) is 22.7 Å². The maximum Gasteiger partial charge on any atom is 0.349 e. The van der Waals surface area contributed by atoms with Gasteiger partial charge in [0.1, 0.15) is 5.75 Å². The van der Waals surface area contributed by atoms with Crippen LogP contribution in [-0.4, -0.2) is 50.9 Å². The van der Waals surface area contributed by atoms with Crippen molar-refractivity contribution in [1.82, 2.24) is 20.0 Å². The second-order valence-corrected chi connectivity index (χ2v) is 11.7.